The average Bonchev–Trinajstić information content (AvgIpc) is 2.62. The third-order valence-electron chi connectivity index (χ3n) is 3.69. The van der Waals surface area contributed by atoms with E-state index >= 15 is 0 Å². The maximum atomic E-state index is 13.1. The van der Waals surface area contributed by atoms with Crippen molar-refractivity contribution in [2.24, 2.45) is 0 Å². The minimum Gasteiger partial charge on any atom is -0.494 e. The summed E-state index contributed by atoms with van der Waals surface area (Å²) in [7, 11) is 0. The van der Waals surface area contributed by atoms with Crippen molar-refractivity contribution >= 4 is 40.9 Å². The predicted octanol–water partition coefficient (Wildman–Crippen LogP) is 3.06. The number of nitrogens with one attached hydrogen (secondary N) is 1. The van der Waals surface area contributed by atoms with Gasteiger partial charge in [-0.3, -0.25) is 19.8 Å². The molecule has 1 saturated heterocycles. The van der Waals surface area contributed by atoms with Crippen LogP contribution in [0.1, 0.15) is 12.5 Å². The molecule has 132 valence electrons. The molecule has 0 radical (unpaired) electrons. The Morgan fingerprint density at radius 3 is 2.38 bits per heavy atom. The molecule has 7 heteroatoms. The first-order valence-corrected chi connectivity index (χ1v) is 8.30. The smallest absolute Gasteiger partial charge is 0.270 e. The van der Waals surface area contributed by atoms with Gasteiger partial charge in [0.2, 0.25) is 0 Å². The summed E-state index contributed by atoms with van der Waals surface area (Å²) in [5.41, 5.74) is 0.977. The molecule has 0 saturated carbocycles. The lowest BCUT2D eigenvalue weighted by molar-refractivity contribution is -0.122. The van der Waals surface area contributed by atoms with Crippen molar-refractivity contribution in [3.05, 3.63) is 65.5 Å². The number of benzene rings is 2. The number of hydrogen-bond donors (Lipinski definition) is 1. The normalized spacial score (nSPS) is 16.0. The molecule has 1 aliphatic rings. The second-order valence-electron chi connectivity index (χ2n) is 5.44. The van der Waals surface area contributed by atoms with E-state index in [-0.39, 0.29) is 10.7 Å². The molecule has 1 N–H and O–H groups in total. The zero-order valence-corrected chi connectivity index (χ0v) is 14.7. The van der Waals surface area contributed by atoms with Crippen LogP contribution in [-0.4, -0.2) is 23.5 Å². The van der Waals surface area contributed by atoms with Crippen LogP contribution >= 0.6 is 12.2 Å². The number of rotatable bonds is 4. The van der Waals surface area contributed by atoms with Crippen LogP contribution in [-0.2, 0) is 9.59 Å². The lowest BCUT2D eigenvalue weighted by Gasteiger charge is -2.28. The molecule has 1 aliphatic heterocycles. The number of hydrogen-bond acceptors (Lipinski definition) is 4. The molecule has 2 aromatic rings. The molecule has 0 unspecified atom stereocenters. The molecule has 1 fully saturated rings. The van der Waals surface area contributed by atoms with Crippen LogP contribution in [0.25, 0.3) is 6.08 Å². The molecule has 2 aromatic carbocycles. The number of carbonyl (C=O) groups is 2. The van der Waals surface area contributed by atoms with Crippen molar-refractivity contribution in [3.63, 3.8) is 0 Å². The molecule has 26 heavy (non-hydrogen) atoms. The Hall–Kier alpha value is -3.06. The highest BCUT2D eigenvalue weighted by atomic mass is 32.1. The van der Waals surface area contributed by atoms with Gasteiger partial charge in [-0.25, -0.2) is 4.39 Å². The van der Waals surface area contributed by atoms with Crippen molar-refractivity contribution in [3.8, 4) is 5.75 Å². The Morgan fingerprint density at radius 1 is 1.12 bits per heavy atom. The molecular formula is C19H15FN2O3S. The number of amides is 2. The monoisotopic (exact) mass is 370 g/mol. The van der Waals surface area contributed by atoms with Gasteiger partial charge in [-0.05, 0) is 67.2 Å². The van der Waals surface area contributed by atoms with Crippen molar-refractivity contribution in [1.82, 2.24) is 5.32 Å². The standard InChI is InChI=1S/C19H15FN2O3S/c1-2-25-15-9-3-12(4-10-15)11-16-17(23)21-19(26)22(18(16)24)14-7-5-13(20)6-8-14/h3-11H,2H2,1H3,(H,21,23,26). The summed E-state index contributed by atoms with van der Waals surface area (Å²) < 4.78 is 18.5. The quantitative estimate of drug-likeness (QED) is 0.511. The zero-order valence-electron chi connectivity index (χ0n) is 13.9. The minimum absolute atomic E-state index is 0.0459. The molecule has 0 aliphatic carbocycles. The van der Waals surface area contributed by atoms with E-state index in [1.165, 1.54) is 30.3 Å². The fourth-order valence-corrected chi connectivity index (χ4v) is 2.76. The highest BCUT2D eigenvalue weighted by molar-refractivity contribution is 7.80. The van der Waals surface area contributed by atoms with Gasteiger partial charge in [-0.2, -0.15) is 0 Å². The van der Waals surface area contributed by atoms with E-state index in [1.54, 1.807) is 24.3 Å². The Balaban J connectivity index is 1.93. The summed E-state index contributed by atoms with van der Waals surface area (Å²) in [6.07, 6.45) is 1.48. The maximum absolute atomic E-state index is 13.1. The number of ether oxygens (including phenoxy) is 1. The Morgan fingerprint density at radius 2 is 1.77 bits per heavy atom. The molecule has 0 bridgehead atoms. The summed E-state index contributed by atoms with van der Waals surface area (Å²) in [6.45, 7) is 2.43. The first-order chi connectivity index (χ1) is 12.5. The van der Waals surface area contributed by atoms with Gasteiger partial charge in [-0.1, -0.05) is 12.1 Å². The first kappa shape index (κ1) is 17.8. The lowest BCUT2D eigenvalue weighted by Crippen LogP contribution is -2.54. The summed E-state index contributed by atoms with van der Waals surface area (Å²) in [5, 5.41) is 2.44. The fraction of sp³-hybridized carbons (Fsp3) is 0.105. The van der Waals surface area contributed by atoms with Crippen LogP contribution in [0.3, 0.4) is 0 Å². The number of nitrogens with zero attached hydrogens (tertiary/aromatic N) is 1. The third kappa shape index (κ3) is 3.62. The number of halogens is 1. The van der Waals surface area contributed by atoms with E-state index in [1.807, 2.05) is 6.92 Å². The van der Waals surface area contributed by atoms with Gasteiger partial charge in [0.15, 0.2) is 5.11 Å². The summed E-state index contributed by atoms with van der Waals surface area (Å²) in [6, 6.07) is 12.3. The summed E-state index contributed by atoms with van der Waals surface area (Å²) >= 11 is 5.10. The Labute approximate surface area is 155 Å². The van der Waals surface area contributed by atoms with E-state index < -0.39 is 17.6 Å². The lowest BCUT2D eigenvalue weighted by atomic mass is 10.1. The van der Waals surface area contributed by atoms with E-state index in [4.69, 9.17) is 17.0 Å². The van der Waals surface area contributed by atoms with E-state index in [9.17, 15) is 14.0 Å². The molecule has 5 nitrogen and oxygen atoms in total. The number of anilines is 1. The van der Waals surface area contributed by atoms with E-state index in [0.29, 0.717) is 23.6 Å². The number of carbonyl (C=O) groups excluding carboxylic acids is 2. The first-order valence-electron chi connectivity index (χ1n) is 7.89. The van der Waals surface area contributed by atoms with Crippen molar-refractivity contribution in [2.45, 2.75) is 6.92 Å². The third-order valence-corrected chi connectivity index (χ3v) is 3.97. The van der Waals surface area contributed by atoms with Crippen molar-refractivity contribution < 1.29 is 18.7 Å². The molecule has 0 spiro atoms. The number of thiocarbonyl (C=S) groups is 1. The second kappa shape index (κ2) is 7.45. The molecule has 0 atom stereocenters. The van der Waals surface area contributed by atoms with E-state index in [0.717, 1.165) is 4.90 Å². The summed E-state index contributed by atoms with van der Waals surface area (Å²) in [5.74, 6) is -0.881. The van der Waals surface area contributed by atoms with Crippen LogP contribution < -0.4 is 15.0 Å². The largest absolute Gasteiger partial charge is 0.494 e. The van der Waals surface area contributed by atoms with Crippen LogP contribution in [0.4, 0.5) is 10.1 Å². The topological polar surface area (TPSA) is 58.6 Å². The SMILES string of the molecule is CCOc1ccc(C=C2C(=O)NC(=S)N(c3ccc(F)cc3)C2=O)cc1. The predicted molar refractivity (Wildman–Crippen MR) is 100 cm³/mol. The van der Waals surface area contributed by atoms with Gasteiger partial charge in [-0.15, -0.1) is 0 Å². The Bertz CT molecular complexity index is 892. The Kier molecular flexibility index (Phi) is 5.09. The van der Waals surface area contributed by atoms with Gasteiger partial charge >= 0.3 is 0 Å². The van der Waals surface area contributed by atoms with Crippen LogP contribution in [0, 0.1) is 5.82 Å². The zero-order chi connectivity index (χ0) is 18.7. The fourth-order valence-electron chi connectivity index (χ4n) is 2.48. The van der Waals surface area contributed by atoms with Crippen LogP contribution in [0.2, 0.25) is 0 Å². The minimum atomic E-state index is -0.577. The average molecular weight is 370 g/mol. The van der Waals surface area contributed by atoms with Crippen molar-refractivity contribution in [2.75, 3.05) is 11.5 Å². The van der Waals surface area contributed by atoms with E-state index in [2.05, 4.69) is 5.32 Å². The molecule has 2 amide bonds. The molecule has 0 aromatic heterocycles. The molecular weight excluding hydrogens is 355 g/mol. The highest BCUT2D eigenvalue weighted by Crippen LogP contribution is 2.23. The van der Waals surface area contributed by atoms with Crippen LogP contribution in [0.5, 0.6) is 5.75 Å². The summed E-state index contributed by atoms with van der Waals surface area (Å²) in [4.78, 5) is 26.2. The van der Waals surface area contributed by atoms with Gasteiger partial charge in [0.25, 0.3) is 11.8 Å². The van der Waals surface area contributed by atoms with Crippen LogP contribution in [0.15, 0.2) is 54.1 Å². The molecule has 1 heterocycles. The molecule has 3 rings (SSSR count). The van der Waals surface area contributed by atoms with Crippen molar-refractivity contribution in [1.29, 1.82) is 0 Å². The van der Waals surface area contributed by atoms with Gasteiger partial charge in [0, 0.05) is 0 Å². The van der Waals surface area contributed by atoms with Gasteiger partial charge < -0.3 is 4.74 Å². The highest BCUT2D eigenvalue weighted by Gasteiger charge is 2.34. The van der Waals surface area contributed by atoms with Gasteiger partial charge in [0.1, 0.15) is 17.1 Å². The van der Waals surface area contributed by atoms with Gasteiger partial charge in [0.05, 0.1) is 12.3 Å². The maximum Gasteiger partial charge on any atom is 0.270 e. The second-order valence-corrected chi connectivity index (χ2v) is 5.82.